The van der Waals surface area contributed by atoms with Gasteiger partial charge in [0.2, 0.25) is 0 Å². The van der Waals surface area contributed by atoms with Crippen LogP contribution in [-0.2, 0) is 15.7 Å². The molecule has 124 valence electrons. The van der Waals surface area contributed by atoms with E-state index in [9.17, 15) is 22.8 Å². The Morgan fingerprint density at radius 3 is 2.74 bits per heavy atom. The Morgan fingerprint density at radius 2 is 2.09 bits per heavy atom. The van der Waals surface area contributed by atoms with Gasteiger partial charge in [0, 0.05) is 6.92 Å². The molecule has 0 saturated heterocycles. The number of aromatic nitrogens is 2. The maximum absolute atomic E-state index is 12.8. The van der Waals surface area contributed by atoms with Crippen LogP contribution in [0.15, 0.2) is 23.0 Å². The molecule has 1 fully saturated rings. The van der Waals surface area contributed by atoms with Crippen LogP contribution in [0, 0.1) is 0 Å². The predicted molar refractivity (Wildman–Crippen MR) is 76.0 cm³/mol. The third kappa shape index (κ3) is 2.85. The molecule has 0 unspecified atom stereocenters. The van der Waals surface area contributed by atoms with Crippen LogP contribution in [0.2, 0.25) is 0 Å². The van der Waals surface area contributed by atoms with Crippen LogP contribution in [0.3, 0.4) is 0 Å². The summed E-state index contributed by atoms with van der Waals surface area (Å²) in [6, 6.07) is 2.78. The van der Waals surface area contributed by atoms with Gasteiger partial charge in [0.25, 0.3) is 0 Å². The molecule has 0 bridgehead atoms. The van der Waals surface area contributed by atoms with Gasteiger partial charge in [-0.2, -0.15) is 13.2 Å². The fourth-order valence-electron chi connectivity index (χ4n) is 3.19. The molecule has 3 rings (SSSR count). The number of ether oxygens (including phenoxy) is 1. The summed E-state index contributed by atoms with van der Waals surface area (Å²) in [5.41, 5.74) is -0.810. The number of esters is 1. The van der Waals surface area contributed by atoms with Gasteiger partial charge in [-0.3, -0.25) is 9.36 Å². The van der Waals surface area contributed by atoms with Crippen molar-refractivity contribution in [2.75, 3.05) is 0 Å². The van der Waals surface area contributed by atoms with Crippen LogP contribution < -0.4 is 5.69 Å². The largest absolute Gasteiger partial charge is 0.460 e. The van der Waals surface area contributed by atoms with E-state index in [4.69, 9.17) is 4.74 Å². The molecule has 1 aromatic heterocycles. The van der Waals surface area contributed by atoms with Gasteiger partial charge in [-0.05, 0) is 37.5 Å². The molecule has 2 aromatic rings. The van der Waals surface area contributed by atoms with Gasteiger partial charge < -0.3 is 9.72 Å². The van der Waals surface area contributed by atoms with Gasteiger partial charge in [-0.1, -0.05) is 0 Å². The molecule has 1 aromatic carbocycles. The van der Waals surface area contributed by atoms with Gasteiger partial charge in [0.05, 0.1) is 22.6 Å². The summed E-state index contributed by atoms with van der Waals surface area (Å²) in [7, 11) is 0. The smallest absolute Gasteiger partial charge is 0.416 e. The van der Waals surface area contributed by atoms with E-state index in [2.05, 4.69) is 4.98 Å². The number of H-pyrrole nitrogens is 1. The number of hydrogen-bond acceptors (Lipinski definition) is 3. The van der Waals surface area contributed by atoms with E-state index in [1.807, 2.05) is 0 Å². The SMILES string of the molecule is CC(=O)O[C@H]1CCC[C@@H]1n1c(=O)[nH]c2cc(C(F)(F)F)ccc21. The van der Waals surface area contributed by atoms with Crippen molar-refractivity contribution in [3.8, 4) is 0 Å². The zero-order chi connectivity index (χ0) is 16.8. The first kappa shape index (κ1) is 15.6. The van der Waals surface area contributed by atoms with E-state index < -0.39 is 29.5 Å². The van der Waals surface area contributed by atoms with Crippen LogP contribution in [-0.4, -0.2) is 21.6 Å². The van der Waals surface area contributed by atoms with Crippen molar-refractivity contribution in [3.63, 3.8) is 0 Å². The Morgan fingerprint density at radius 1 is 1.35 bits per heavy atom. The Labute approximate surface area is 129 Å². The molecular weight excluding hydrogens is 313 g/mol. The monoisotopic (exact) mass is 328 g/mol. The van der Waals surface area contributed by atoms with Crippen molar-refractivity contribution in [2.45, 2.75) is 44.5 Å². The number of carbonyl (C=O) groups excluding carboxylic acids is 1. The number of alkyl halides is 3. The topological polar surface area (TPSA) is 64.1 Å². The third-order valence-corrected chi connectivity index (χ3v) is 4.11. The quantitative estimate of drug-likeness (QED) is 0.862. The number of carbonyl (C=O) groups is 1. The molecular formula is C15H15F3N2O3. The summed E-state index contributed by atoms with van der Waals surface area (Å²) >= 11 is 0. The van der Waals surface area contributed by atoms with Crippen LogP contribution >= 0.6 is 0 Å². The maximum atomic E-state index is 12.8. The second-order valence-corrected chi connectivity index (χ2v) is 5.68. The van der Waals surface area contributed by atoms with Gasteiger partial charge in [0.15, 0.2) is 0 Å². The zero-order valence-corrected chi connectivity index (χ0v) is 12.3. The van der Waals surface area contributed by atoms with Crippen LogP contribution in [0.5, 0.6) is 0 Å². The number of rotatable bonds is 2. The lowest BCUT2D eigenvalue weighted by Gasteiger charge is -2.20. The molecule has 0 amide bonds. The summed E-state index contributed by atoms with van der Waals surface area (Å²) in [5.74, 6) is -0.436. The molecule has 0 aliphatic heterocycles. The lowest BCUT2D eigenvalue weighted by atomic mass is 10.1. The average Bonchev–Trinajstić information content (AvgIpc) is 2.99. The minimum Gasteiger partial charge on any atom is -0.460 e. The Kier molecular flexibility index (Phi) is 3.69. The number of hydrogen-bond donors (Lipinski definition) is 1. The van der Waals surface area contributed by atoms with E-state index in [1.54, 1.807) is 0 Å². The molecule has 0 spiro atoms. The van der Waals surface area contributed by atoms with Gasteiger partial charge in [-0.25, -0.2) is 4.79 Å². The lowest BCUT2D eigenvalue weighted by Crippen LogP contribution is -2.30. The molecule has 2 atom stereocenters. The normalized spacial score (nSPS) is 21.7. The fourth-order valence-corrected chi connectivity index (χ4v) is 3.19. The average molecular weight is 328 g/mol. The number of fused-ring (bicyclic) bond motifs is 1. The molecule has 1 aliphatic rings. The highest BCUT2D eigenvalue weighted by molar-refractivity contribution is 5.76. The highest BCUT2D eigenvalue weighted by atomic mass is 19.4. The van der Waals surface area contributed by atoms with Crippen molar-refractivity contribution in [1.82, 2.24) is 9.55 Å². The summed E-state index contributed by atoms with van der Waals surface area (Å²) in [5, 5.41) is 0. The van der Waals surface area contributed by atoms with Crippen molar-refractivity contribution < 1.29 is 22.7 Å². The van der Waals surface area contributed by atoms with E-state index in [0.717, 1.165) is 18.6 Å². The molecule has 1 saturated carbocycles. The summed E-state index contributed by atoms with van der Waals surface area (Å²) in [4.78, 5) is 25.8. The minimum atomic E-state index is -4.47. The van der Waals surface area contributed by atoms with E-state index in [-0.39, 0.29) is 11.6 Å². The predicted octanol–water partition coefficient (Wildman–Crippen LogP) is 3.01. The number of nitrogens with zero attached hydrogens (tertiary/aromatic N) is 1. The molecule has 5 nitrogen and oxygen atoms in total. The number of nitrogens with one attached hydrogen (secondary N) is 1. The van der Waals surface area contributed by atoms with Gasteiger partial charge in [0.1, 0.15) is 6.10 Å². The maximum Gasteiger partial charge on any atom is 0.416 e. The second kappa shape index (κ2) is 5.43. The molecule has 1 heterocycles. The first-order valence-electron chi connectivity index (χ1n) is 7.26. The standard InChI is InChI=1S/C15H15F3N2O3/c1-8(21)23-13-4-2-3-12(13)20-11-6-5-9(15(16,17)18)7-10(11)19-14(20)22/h5-7,12-13H,2-4H2,1H3,(H,19,22)/t12-,13-/m0/s1. The van der Waals surface area contributed by atoms with Crippen LogP contribution in [0.1, 0.15) is 37.8 Å². The fraction of sp³-hybridized carbons (Fsp3) is 0.467. The molecule has 8 heteroatoms. The van der Waals surface area contributed by atoms with Crippen molar-refractivity contribution in [1.29, 1.82) is 0 Å². The highest BCUT2D eigenvalue weighted by Gasteiger charge is 2.35. The molecule has 23 heavy (non-hydrogen) atoms. The van der Waals surface area contributed by atoms with Crippen LogP contribution in [0.4, 0.5) is 13.2 Å². The lowest BCUT2D eigenvalue weighted by molar-refractivity contribution is -0.147. The van der Waals surface area contributed by atoms with E-state index in [0.29, 0.717) is 18.4 Å². The second-order valence-electron chi connectivity index (χ2n) is 5.68. The van der Waals surface area contributed by atoms with Crippen molar-refractivity contribution in [2.24, 2.45) is 0 Å². The van der Waals surface area contributed by atoms with Crippen LogP contribution in [0.25, 0.3) is 11.0 Å². The Balaban J connectivity index is 2.06. The van der Waals surface area contributed by atoms with E-state index >= 15 is 0 Å². The number of halogens is 3. The highest BCUT2D eigenvalue weighted by Crippen LogP contribution is 2.35. The van der Waals surface area contributed by atoms with Crippen molar-refractivity contribution in [3.05, 3.63) is 34.2 Å². The number of imidazole rings is 1. The molecule has 0 radical (unpaired) electrons. The van der Waals surface area contributed by atoms with Crippen molar-refractivity contribution >= 4 is 17.0 Å². The number of aromatic amines is 1. The third-order valence-electron chi connectivity index (χ3n) is 4.11. The summed E-state index contributed by atoms with van der Waals surface area (Å²) in [6.07, 6.45) is -2.87. The first-order chi connectivity index (χ1) is 10.8. The molecule has 1 aliphatic carbocycles. The molecule has 1 N–H and O–H groups in total. The summed E-state index contributed by atoms with van der Waals surface area (Å²) < 4.78 is 45.0. The van der Waals surface area contributed by atoms with Gasteiger partial charge >= 0.3 is 17.8 Å². The number of benzene rings is 1. The minimum absolute atomic E-state index is 0.123. The van der Waals surface area contributed by atoms with Gasteiger partial charge in [-0.15, -0.1) is 0 Å². The Bertz CT molecular complexity index is 806. The Hall–Kier alpha value is -2.25. The summed E-state index contributed by atoms with van der Waals surface area (Å²) in [6.45, 7) is 1.29. The zero-order valence-electron chi connectivity index (χ0n) is 12.3. The first-order valence-corrected chi connectivity index (χ1v) is 7.26. The van der Waals surface area contributed by atoms with E-state index in [1.165, 1.54) is 17.6 Å².